The molecule has 0 radical (unpaired) electrons. The minimum absolute atomic E-state index is 0.895. The second kappa shape index (κ2) is 20.5. The molecule has 2 rings (SSSR count). The van der Waals surface area contributed by atoms with E-state index in [0.29, 0.717) is 0 Å². The predicted octanol–water partition coefficient (Wildman–Crippen LogP) is 10.00. The Bertz CT molecular complexity index is 796. The zero-order chi connectivity index (χ0) is 26.6. The van der Waals surface area contributed by atoms with E-state index in [-0.39, 0.29) is 0 Å². The molecule has 2 aromatic rings. The van der Waals surface area contributed by atoms with E-state index in [1.807, 2.05) is 0 Å². The maximum absolute atomic E-state index is 5.69. The summed E-state index contributed by atoms with van der Waals surface area (Å²) in [5.41, 5.74) is 5.26. The molecule has 1 N–H and O–H groups in total. The van der Waals surface area contributed by atoms with Crippen LogP contribution < -0.4 is 5.32 Å². The van der Waals surface area contributed by atoms with Gasteiger partial charge in [0, 0.05) is 22.8 Å². The van der Waals surface area contributed by atoms with E-state index in [1.54, 1.807) is 0 Å². The molecule has 0 unspecified atom stereocenters. The van der Waals surface area contributed by atoms with Gasteiger partial charge in [-0.15, -0.1) is 0 Å². The number of unbranched alkanes of at least 4 members (excludes halogenated alkanes) is 10. The maximum atomic E-state index is 5.69. The number of thiocarbonyl (C=S) groups is 2. The Kier molecular flexibility index (Phi) is 17.6. The van der Waals surface area contributed by atoms with Gasteiger partial charge in [0.15, 0.2) is 0 Å². The molecule has 204 valence electrons. The van der Waals surface area contributed by atoms with Gasteiger partial charge in [-0.3, -0.25) is 0 Å². The molecule has 0 saturated carbocycles. The molecule has 0 aromatic heterocycles. The Hall–Kier alpha value is -1.42. The van der Waals surface area contributed by atoms with Crippen LogP contribution in [0.2, 0.25) is 0 Å². The van der Waals surface area contributed by atoms with Crippen LogP contribution in [0.3, 0.4) is 0 Å². The first-order chi connectivity index (χ1) is 18.1. The molecule has 0 bridgehead atoms. The van der Waals surface area contributed by atoms with Crippen LogP contribution in [0.15, 0.2) is 48.5 Å². The van der Waals surface area contributed by atoms with Crippen molar-refractivity contribution in [1.82, 2.24) is 5.32 Å². The molecule has 0 fully saturated rings. The van der Waals surface area contributed by atoms with Crippen molar-refractivity contribution in [3.63, 3.8) is 0 Å². The minimum Gasteiger partial charge on any atom is -0.316 e. The molecule has 0 aliphatic carbocycles. The standard InChI is InChI=1S/C34H51NS2/c1-3-5-7-9-11-13-15-29-17-21-31(22-18-29)33(36)25-27-35-28-26-34(37)32-23-19-30(20-24-32)16-14-12-10-8-6-4-2/h17-24,35H,3-16,25-28H2,1-2H3. The second-order valence-corrected chi connectivity index (χ2v) is 11.5. The van der Waals surface area contributed by atoms with Gasteiger partial charge in [-0.2, -0.15) is 0 Å². The number of rotatable bonds is 22. The van der Waals surface area contributed by atoms with Gasteiger partial charge in [0.2, 0.25) is 0 Å². The van der Waals surface area contributed by atoms with Gasteiger partial charge in [-0.1, -0.05) is 151 Å². The first kappa shape index (κ1) is 31.8. The van der Waals surface area contributed by atoms with Gasteiger partial charge in [-0.25, -0.2) is 0 Å². The van der Waals surface area contributed by atoms with Crippen LogP contribution in [0.5, 0.6) is 0 Å². The monoisotopic (exact) mass is 537 g/mol. The molecule has 1 nitrogen and oxygen atoms in total. The average molecular weight is 538 g/mol. The normalized spacial score (nSPS) is 11.1. The highest BCUT2D eigenvalue weighted by atomic mass is 32.1. The van der Waals surface area contributed by atoms with Crippen molar-refractivity contribution in [2.45, 2.75) is 117 Å². The van der Waals surface area contributed by atoms with Gasteiger partial charge in [0.05, 0.1) is 0 Å². The van der Waals surface area contributed by atoms with Crippen LogP contribution in [-0.2, 0) is 12.8 Å². The quantitative estimate of drug-likeness (QED) is 0.0911. The first-order valence-corrected chi connectivity index (χ1v) is 15.9. The van der Waals surface area contributed by atoms with E-state index in [9.17, 15) is 0 Å². The Labute approximate surface area is 239 Å². The third kappa shape index (κ3) is 14.3. The van der Waals surface area contributed by atoms with Crippen molar-refractivity contribution in [1.29, 1.82) is 0 Å². The summed E-state index contributed by atoms with van der Waals surface area (Å²) in [4.78, 5) is 2.09. The smallest absolute Gasteiger partial charge is 0.0237 e. The van der Waals surface area contributed by atoms with Crippen molar-refractivity contribution in [3.8, 4) is 0 Å². The Morgan fingerprint density at radius 3 is 1.24 bits per heavy atom. The maximum Gasteiger partial charge on any atom is 0.0237 e. The highest BCUT2D eigenvalue weighted by Gasteiger charge is 2.04. The summed E-state index contributed by atoms with van der Waals surface area (Å²) in [6, 6.07) is 17.9. The minimum atomic E-state index is 0.895. The molecule has 37 heavy (non-hydrogen) atoms. The van der Waals surface area contributed by atoms with Crippen LogP contribution in [0, 0.1) is 0 Å². The molecule has 0 heterocycles. The van der Waals surface area contributed by atoms with Gasteiger partial charge in [-0.05, 0) is 60.8 Å². The van der Waals surface area contributed by atoms with Crippen molar-refractivity contribution in [2.75, 3.05) is 13.1 Å². The zero-order valence-corrected chi connectivity index (χ0v) is 25.3. The van der Waals surface area contributed by atoms with E-state index >= 15 is 0 Å². The lowest BCUT2D eigenvalue weighted by Gasteiger charge is -2.09. The third-order valence-electron chi connectivity index (χ3n) is 7.25. The summed E-state index contributed by atoms with van der Waals surface area (Å²) in [5, 5.41) is 3.53. The van der Waals surface area contributed by atoms with Crippen molar-refractivity contribution in [2.24, 2.45) is 0 Å². The fourth-order valence-corrected chi connectivity index (χ4v) is 5.23. The summed E-state index contributed by atoms with van der Waals surface area (Å²) < 4.78 is 0. The van der Waals surface area contributed by atoms with E-state index in [0.717, 1.165) is 35.7 Å². The second-order valence-electron chi connectivity index (χ2n) is 10.5. The Morgan fingerprint density at radius 2 is 0.865 bits per heavy atom. The summed E-state index contributed by atoms with van der Waals surface area (Å²) >= 11 is 11.4. The third-order valence-corrected chi connectivity index (χ3v) is 8.13. The average Bonchev–Trinajstić information content (AvgIpc) is 2.93. The van der Waals surface area contributed by atoms with Gasteiger partial charge < -0.3 is 5.32 Å². The number of hydrogen-bond acceptors (Lipinski definition) is 3. The molecule has 3 heteroatoms. The number of aryl methyl sites for hydroxylation is 2. The fourth-order valence-electron chi connectivity index (χ4n) is 4.75. The van der Waals surface area contributed by atoms with E-state index < -0.39 is 0 Å². The summed E-state index contributed by atoms with van der Waals surface area (Å²) in [6.45, 7) is 6.35. The van der Waals surface area contributed by atoms with Gasteiger partial charge in [0.25, 0.3) is 0 Å². The predicted molar refractivity (Wildman–Crippen MR) is 173 cm³/mol. The lowest BCUT2D eigenvalue weighted by Crippen LogP contribution is -2.21. The van der Waals surface area contributed by atoms with Crippen molar-refractivity contribution >= 4 is 34.2 Å². The largest absolute Gasteiger partial charge is 0.316 e. The fraction of sp³-hybridized carbons (Fsp3) is 0.588. The highest BCUT2D eigenvalue weighted by Crippen LogP contribution is 2.14. The van der Waals surface area contributed by atoms with Crippen molar-refractivity contribution in [3.05, 3.63) is 70.8 Å². The number of nitrogens with one attached hydrogen (secondary N) is 1. The molecular weight excluding hydrogens is 487 g/mol. The SMILES string of the molecule is CCCCCCCCc1ccc(C(=S)CCNCCC(=S)c2ccc(CCCCCCCC)cc2)cc1. The molecular formula is C34H51NS2. The molecule has 0 aliphatic heterocycles. The lowest BCUT2D eigenvalue weighted by molar-refractivity contribution is 0.607. The van der Waals surface area contributed by atoms with E-state index in [4.69, 9.17) is 24.4 Å². The summed E-state index contributed by atoms with van der Waals surface area (Å²) in [7, 11) is 0. The molecule has 0 amide bonds. The molecule has 0 atom stereocenters. The summed E-state index contributed by atoms with van der Waals surface area (Å²) in [6.07, 6.45) is 20.3. The van der Waals surface area contributed by atoms with Crippen LogP contribution in [0.4, 0.5) is 0 Å². The first-order valence-electron chi connectivity index (χ1n) is 15.1. The van der Waals surface area contributed by atoms with Crippen LogP contribution >= 0.6 is 24.4 Å². The van der Waals surface area contributed by atoms with Crippen molar-refractivity contribution < 1.29 is 0 Å². The van der Waals surface area contributed by atoms with Gasteiger partial charge >= 0.3 is 0 Å². The Morgan fingerprint density at radius 1 is 0.514 bits per heavy atom. The highest BCUT2D eigenvalue weighted by molar-refractivity contribution is 7.81. The van der Waals surface area contributed by atoms with E-state index in [2.05, 4.69) is 67.7 Å². The topological polar surface area (TPSA) is 12.0 Å². The lowest BCUT2D eigenvalue weighted by atomic mass is 10.0. The summed E-state index contributed by atoms with van der Waals surface area (Å²) in [5.74, 6) is 0. The van der Waals surface area contributed by atoms with Crippen LogP contribution in [0.25, 0.3) is 0 Å². The zero-order valence-electron chi connectivity index (χ0n) is 23.7. The van der Waals surface area contributed by atoms with Crippen LogP contribution in [0.1, 0.15) is 126 Å². The molecule has 2 aromatic carbocycles. The molecule has 0 spiro atoms. The van der Waals surface area contributed by atoms with E-state index in [1.165, 1.54) is 112 Å². The Balaban J connectivity index is 1.57. The molecule has 0 saturated heterocycles. The number of benzene rings is 2. The molecule has 0 aliphatic rings. The van der Waals surface area contributed by atoms with Gasteiger partial charge in [0.1, 0.15) is 0 Å². The number of hydrogen-bond donors (Lipinski definition) is 1. The van der Waals surface area contributed by atoms with Crippen LogP contribution in [-0.4, -0.2) is 22.8 Å².